The molecular formula is C24H26N2O4. The highest BCUT2D eigenvalue weighted by atomic mass is 16.5. The van der Waals surface area contributed by atoms with Gasteiger partial charge in [-0.3, -0.25) is 19.3 Å². The minimum absolute atomic E-state index is 0.108. The number of amides is 3. The molecular weight excluding hydrogens is 380 g/mol. The van der Waals surface area contributed by atoms with E-state index in [-0.39, 0.29) is 30.3 Å². The number of imide groups is 1. The number of methoxy groups -OCH3 is 1. The average Bonchev–Trinajstić information content (AvgIpc) is 3.00. The Labute approximate surface area is 176 Å². The van der Waals surface area contributed by atoms with E-state index < -0.39 is 0 Å². The van der Waals surface area contributed by atoms with Gasteiger partial charge in [-0.2, -0.15) is 0 Å². The van der Waals surface area contributed by atoms with E-state index in [1.54, 1.807) is 42.5 Å². The largest absolute Gasteiger partial charge is 0.496 e. The number of nitrogens with zero attached hydrogens (tertiary/aromatic N) is 1. The fourth-order valence-electron chi connectivity index (χ4n) is 4.37. The van der Waals surface area contributed by atoms with Crippen LogP contribution < -0.4 is 10.1 Å². The second-order valence-electron chi connectivity index (χ2n) is 8.12. The topological polar surface area (TPSA) is 75.7 Å². The second-order valence-corrected chi connectivity index (χ2v) is 8.12. The number of carbonyl (C=O) groups excluding carboxylic acids is 3. The van der Waals surface area contributed by atoms with Crippen molar-refractivity contribution in [1.82, 2.24) is 10.2 Å². The first-order chi connectivity index (χ1) is 14.5. The Hall–Kier alpha value is -3.15. The van der Waals surface area contributed by atoms with E-state index in [1.807, 2.05) is 0 Å². The van der Waals surface area contributed by atoms with Crippen LogP contribution in [0, 0.1) is 5.92 Å². The van der Waals surface area contributed by atoms with Gasteiger partial charge in [0.05, 0.1) is 30.3 Å². The van der Waals surface area contributed by atoms with E-state index in [4.69, 9.17) is 4.74 Å². The minimum Gasteiger partial charge on any atom is -0.496 e. The standard InChI is InChI=1S/C24H26N2O4/c1-15-7-3-6-10-20(15)25-22(27)19-13-16(11-12-21(19)30-2)14-26-23(28)17-8-4-5-9-18(17)24(26)29/h4-5,8-9,11-13,15,20H,3,6-7,10,14H2,1-2H3,(H,25,27). The van der Waals surface area contributed by atoms with Gasteiger partial charge in [0.2, 0.25) is 0 Å². The van der Waals surface area contributed by atoms with Crippen LogP contribution in [-0.4, -0.2) is 35.8 Å². The average molecular weight is 406 g/mol. The third kappa shape index (κ3) is 3.70. The highest BCUT2D eigenvalue weighted by Crippen LogP contribution is 2.28. The predicted molar refractivity (Wildman–Crippen MR) is 113 cm³/mol. The summed E-state index contributed by atoms with van der Waals surface area (Å²) in [5.74, 6) is 0.106. The lowest BCUT2D eigenvalue weighted by Gasteiger charge is -2.29. The maximum absolute atomic E-state index is 13.0. The quantitative estimate of drug-likeness (QED) is 0.767. The van der Waals surface area contributed by atoms with Gasteiger partial charge in [0.25, 0.3) is 17.7 Å². The van der Waals surface area contributed by atoms with Crippen LogP contribution in [0.2, 0.25) is 0 Å². The summed E-state index contributed by atoms with van der Waals surface area (Å²) >= 11 is 0. The van der Waals surface area contributed by atoms with Crippen molar-refractivity contribution in [2.24, 2.45) is 5.92 Å². The predicted octanol–water partition coefficient (Wildman–Crippen LogP) is 3.80. The Morgan fingerprint density at radius 3 is 2.37 bits per heavy atom. The lowest BCUT2D eigenvalue weighted by molar-refractivity contribution is 0.0642. The van der Waals surface area contributed by atoms with Crippen LogP contribution in [0.4, 0.5) is 0 Å². The van der Waals surface area contributed by atoms with E-state index in [0.29, 0.717) is 33.9 Å². The third-order valence-corrected chi connectivity index (χ3v) is 6.16. The molecule has 30 heavy (non-hydrogen) atoms. The Morgan fingerprint density at radius 2 is 1.73 bits per heavy atom. The Balaban J connectivity index is 1.55. The molecule has 3 amide bonds. The first kappa shape index (κ1) is 20.1. The summed E-state index contributed by atoms with van der Waals surface area (Å²) in [4.78, 5) is 39.5. The molecule has 1 aliphatic carbocycles. The number of nitrogens with one attached hydrogen (secondary N) is 1. The van der Waals surface area contributed by atoms with Crippen LogP contribution in [0.5, 0.6) is 5.75 Å². The van der Waals surface area contributed by atoms with Crippen molar-refractivity contribution in [1.29, 1.82) is 0 Å². The molecule has 2 atom stereocenters. The van der Waals surface area contributed by atoms with Gasteiger partial charge >= 0.3 is 0 Å². The molecule has 0 aromatic heterocycles. The monoisotopic (exact) mass is 406 g/mol. The van der Waals surface area contributed by atoms with Crippen molar-refractivity contribution in [3.05, 3.63) is 64.7 Å². The van der Waals surface area contributed by atoms with Gasteiger partial charge in [0.15, 0.2) is 0 Å². The zero-order valence-electron chi connectivity index (χ0n) is 17.3. The number of benzene rings is 2. The Bertz CT molecular complexity index is 965. The summed E-state index contributed by atoms with van der Waals surface area (Å²) in [6.45, 7) is 2.27. The van der Waals surface area contributed by atoms with Gasteiger partial charge in [-0.05, 0) is 48.6 Å². The summed E-state index contributed by atoms with van der Waals surface area (Å²) in [5.41, 5.74) is 1.96. The summed E-state index contributed by atoms with van der Waals surface area (Å²) in [5, 5.41) is 3.15. The molecule has 1 aliphatic heterocycles. The molecule has 0 radical (unpaired) electrons. The Kier molecular flexibility index (Phi) is 5.57. The highest BCUT2D eigenvalue weighted by molar-refractivity contribution is 6.21. The van der Waals surface area contributed by atoms with Crippen LogP contribution in [0.3, 0.4) is 0 Å². The van der Waals surface area contributed by atoms with Crippen molar-refractivity contribution in [2.45, 2.75) is 45.2 Å². The van der Waals surface area contributed by atoms with Crippen molar-refractivity contribution in [3.63, 3.8) is 0 Å². The van der Waals surface area contributed by atoms with Crippen LogP contribution >= 0.6 is 0 Å². The van der Waals surface area contributed by atoms with Gasteiger partial charge < -0.3 is 10.1 Å². The maximum Gasteiger partial charge on any atom is 0.261 e. The molecule has 4 rings (SSSR count). The fourth-order valence-corrected chi connectivity index (χ4v) is 4.37. The fraction of sp³-hybridized carbons (Fsp3) is 0.375. The number of ether oxygens (including phenoxy) is 1. The van der Waals surface area contributed by atoms with Crippen LogP contribution in [0.25, 0.3) is 0 Å². The summed E-state index contributed by atoms with van der Waals surface area (Å²) in [7, 11) is 1.53. The SMILES string of the molecule is COc1ccc(CN2C(=O)c3ccccc3C2=O)cc1C(=O)NC1CCCCC1C. The van der Waals surface area contributed by atoms with Crippen molar-refractivity contribution in [2.75, 3.05) is 7.11 Å². The number of rotatable bonds is 5. The molecule has 2 aromatic rings. The van der Waals surface area contributed by atoms with Crippen LogP contribution in [0.15, 0.2) is 42.5 Å². The molecule has 0 saturated heterocycles. The van der Waals surface area contributed by atoms with E-state index in [2.05, 4.69) is 12.2 Å². The normalized spacial score (nSPS) is 20.8. The molecule has 1 saturated carbocycles. The van der Waals surface area contributed by atoms with Gasteiger partial charge in [0.1, 0.15) is 5.75 Å². The van der Waals surface area contributed by atoms with E-state index in [1.165, 1.54) is 18.4 Å². The molecule has 6 nitrogen and oxygen atoms in total. The number of carbonyl (C=O) groups is 3. The zero-order chi connectivity index (χ0) is 21.3. The molecule has 156 valence electrons. The van der Waals surface area contributed by atoms with Gasteiger partial charge in [-0.25, -0.2) is 0 Å². The van der Waals surface area contributed by atoms with Crippen molar-refractivity contribution in [3.8, 4) is 5.75 Å². The van der Waals surface area contributed by atoms with E-state index in [9.17, 15) is 14.4 Å². The zero-order valence-corrected chi connectivity index (χ0v) is 17.3. The third-order valence-electron chi connectivity index (χ3n) is 6.16. The van der Waals surface area contributed by atoms with E-state index >= 15 is 0 Å². The lowest BCUT2D eigenvalue weighted by atomic mass is 9.86. The minimum atomic E-state index is -0.312. The summed E-state index contributed by atoms with van der Waals surface area (Å²) in [6.07, 6.45) is 4.41. The molecule has 0 bridgehead atoms. The lowest BCUT2D eigenvalue weighted by Crippen LogP contribution is -2.41. The van der Waals surface area contributed by atoms with Crippen molar-refractivity contribution >= 4 is 17.7 Å². The molecule has 1 heterocycles. The van der Waals surface area contributed by atoms with Crippen LogP contribution in [0.1, 0.15) is 69.2 Å². The summed E-state index contributed by atoms with van der Waals surface area (Å²) < 4.78 is 5.39. The molecule has 2 unspecified atom stereocenters. The smallest absolute Gasteiger partial charge is 0.261 e. The molecule has 1 N–H and O–H groups in total. The number of fused-ring (bicyclic) bond motifs is 1. The maximum atomic E-state index is 13.0. The van der Waals surface area contributed by atoms with Crippen LogP contribution in [-0.2, 0) is 6.54 Å². The highest BCUT2D eigenvalue weighted by Gasteiger charge is 2.35. The molecule has 0 spiro atoms. The van der Waals surface area contributed by atoms with Gasteiger partial charge in [-0.15, -0.1) is 0 Å². The van der Waals surface area contributed by atoms with Crippen molar-refractivity contribution < 1.29 is 19.1 Å². The van der Waals surface area contributed by atoms with Gasteiger partial charge in [0, 0.05) is 6.04 Å². The molecule has 1 fully saturated rings. The first-order valence-electron chi connectivity index (χ1n) is 10.4. The first-order valence-corrected chi connectivity index (χ1v) is 10.4. The molecule has 2 aromatic carbocycles. The molecule has 2 aliphatic rings. The molecule has 6 heteroatoms. The summed E-state index contributed by atoms with van der Waals surface area (Å²) in [6, 6.07) is 12.2. The second kappa shape index (κ2) is 8.30. The van der Waals surface area contributed by atoms with E-state index in [0.717, 1.165) is 19.3 Å². The number of hydrogen-bond acceptors (Lipinski definition) is 4. The Morgan fingerprint density at radius 1 is 1.07 bits per heavy atom. The number of hydrogen-bond donors (Lipinski definition) is 1. The van der Waals surface area contributed by atoms with Gasteiger partial charge in [-0.1, -0.05) is 38.0 Å².